The van der Waals surface area contributed by atoms with Gasteiger partial charge in [0, 0.05) is 10.9 Å². The zero-order chi connectivity index (χ0) is 10.1. The lowest BCUT2D eigenvalue weighted by molar-refractivity contribution is 0.526. The summed E-state index contributed by atoms with van der Waals surface area (Å²) in [7, 11) is 0. The van der Waals surface area contributed by atoms with Crippen molar-refractivity contribution in [3.8, 4) is 0 Å². The molecule has 2 N–H and O–H groups in total. The molecule has 1 aromatic carbocycles. The van der Waals surface area contributed by atoms with E-state index in [1.807, 2.05) is 12.1 Å². The summed E-state index contributed by atoms with van der Waals surface area (Å²) < 4.78 is 6.47. The molecule has 0 atom stereocenters. The molecule has 0 spiro atoms. The minimum absolute atomic E-state index is 0.629. The van der Waals surface area contributed by atoms with E-state index in [2.05, 4.69) is 27.8 Å². The first-order valence-corrected chi connectivity index (χ1v) is 5.34. The number of nitrogens with zero attached hydrogens (tertiary/aromatic N) is 1. The van der Waals surface area contributed by atoms with Gasteiger partial charge in [0.15, 0.2) is 11.5 Å². The van der Waals surface area contributed by atoms with Crippen molar-refractivity contribution in [2.75, 3.05) is 5.73 Å². The Hall–Kier alpha value is -1.03. The Morgan fingerprint density at radius 1 is 1.50 bits per heavy atom. The van der Waals surface area contributed by atoms with E-state index < -0.39 is 0 Å². The lowest BCUT2D eigenvalue weighted by atomic mass is 10.3. The Kier molecular flexibility index (Phi) is 2.46. The number of nitrogens with two attached hydrogens (primary N) is 1. The monoisotopic (exact) mass is 254 g/mol. The van der Waals surface area contributed by atoms with Gasteiger partial charge in [-0.2, -0.15) is 0 Å². The summed E-state index contributed by atoms with van der Waals surface area (Å²) in [5, 5.41) is 0. The molecule has 1 heterocycles. The van der Waals surface area contributed by atoms with Crippen LogP contribution in [0.5, 0.6) is 0 Å². The maximum atomic E-state index is 5.80. The molecule has 0 saturated carbocycles. The van der Waals surface area contributed by atoms with Crippen molar-refractivity contribution in [3.63, 3.8) is 0 Å². The van der Waals surface area contributed by atoms with E-state index in [0.717, 1.165) is 28.7 Å². The van der Waals surface area contributed by atoms with Gasteiger partial charge in [-0.3, -0.25) is 0 Å². The van der Waals surface area contributed by atoms with Gasteiger partial charge >= 0.3 is 0 Å². The van der Waals surface area contributed by atoms with E-state index in [-0.39, 0.29) is 0 Å². The van der Waals surface area contributed by atoms with Gasteiger partial charge < -0.3 is 10.2 Å². The fraction of sp³-hybridized carbons (Fsp3) is 0.300. The van der Waals surface area contributed by atoms with Crippen molar-refractivity contribution < 1.29 is 4.42 Å². The number of aromatic nitrogens is 1. The van der Waals surface area contributed by atoms with Gasteiger partial charge in [0.05, 0.1) is 5.69 Å². The van der Waals surface area contributed by atoms with Gasteiger partial charge in [0.2, 0.25) is 0 Å². The number of benzene rings is 1. The van der Waals surface area contributed by atoms with Crippen molar-refractivity contribution in [2.45, 2.75) is 19.8 Å². The number of aryl methyl sites for hydroxylation is 1. The van der Waals surface area contributed by atoms with Crippen LogP contribution in [0.15, 0.2) is 21.0 Å². The van der Waals surface area contributed by atoms with Crippen LogP contribution >= 0.6 is 15.9 Å². The van der Waals surface area contributed by atoms with E-state index >= 15 is 0 Å². The Balaban J connectivity index is 2.58. The molecule has 0 saturated heterocycles. The van der Waals surface area contributed by atoms with Crippen LogP contribution in [0.4, 0.5) is 5.69 Å². The van der Waals surface area contributed by atoms with E-state index in [0.29, 0.717) is 11.3 Å². The van der Waals surface area contributed by atoms with Crippen LogP contribution in [-0.2, 0) is 6.42 Å². The fourth-order valence-electron chi connectivity index (χ4n) is 1.39. The van der Waals surface area contributed by atoms with Crippen LogP contribution < -0.4 is 5.73 Å². The highest BCUT2D eigenvalue weighted by molar-refractivity contribution is 9.10. The zero-order valence-corrected chi connectivity index (χ0v) is 9.47. The molecular formula is C10H11BrN2O. The van der Waals surface area contributed by atoms with Crippen molar-refractivity contribution in [2.24, 2.45) is 0 Å². The lowest BCUT2D eigenvalue weighted by Gasteiger charge is -1.93. The minimum atomic E-state index is 0.629. The quantitative estimate of drug-likeness (QED) is 0.838. The van der Waals surface area contributed by atoms with Crippen LogP contribution in [0.25, 0.3) is 11.1 Å². The van der Waals surface area contributed by atoms with Crippen molar-refractivity contribution >= 4 is 32.7 Å². The molecule has 4 heteroatoms. The van der Waals surface area contributed by atoms with Gasteiger partial charge in [0.25, 0.3) is 0 Å². The number of fused-ring (bicyclic) bond motifs is 1. The number of oxazole rings is 1. The summed E-state index contributed by atoms with van der Waals surface area (Å²) in [5.41, 5.74) is 7.94. The first-order valence-electron chi connectivity index (χ1n) is 4.55. The maximum Gasteiger partial charge on any atom is 0.195 e. The first kappa shape index (κ1) is 9.52. The number of nitrogen functional groups attached to an aromatic ring is 1. The van der Waals surface area contributed by atoms with Gasteiger partial charge in [-0.1, -0.05) is 22.9 Å². The topological polar surface area (TPSA) is 52.0 Å². The molecule has 0 fully saturated rings. The van der Waals surface area contributed by atoms with Crippen LogP contribution in [0.3, 0.4) is 0 Å². The second-order valence-corrected chi connectivity index (χ2v) is 4.12. The summed E-state index contributed by atoms with van der Waals surface area (Å²) in [6.45, 7) is 2.09. The second kappa shape index (κ2) is 3.61. The highest BCUT2D eigenvalue weighted by Gasteiger charge is 2.08. The standard InChI is InChI=1S/C10H11BrN2O/c1-2-3-9-13-8-5-6(11)4-7(12)10(8)14-9/h4-5H,2-3,12H2,1H3. The van der Waals surface area contributed by atoms with Gasteiger partial charge in [-0.25, -0.2) is 4.98 Å². The molecule has 1 aromatic heterocycles. The number of hydrogen-bond acceptors (Lipinski definition) is 3. The molecule has 0 aliphatic carbocycles. The third-order valence-corrected chi connectivity index (χ3v) is 2.45. The summed E-state index contributed by atoms with van der Waals surface area (Å²) >= 11 is 3.37. The average molecular weight is 255 g/mol. The van der Waals surface area contributed by atoms with E-state index in [4.69, 9.17) is 10.2 Å². The Bertz CT molecular complexity index is 464. The maximum absolute atomic E-state index is 5.80. The molecule has 0 bridgehead atoms. The molecule has 3 nitrogen and oxygen atoms in total. The van der Waals surface area contributed by atoms with Crippen molar-refractivity contribution in [1.82, 2.24) is 4.98 Å². The predicted octanol–water partition coefficient (Wildman–Crippen LogP) is 3.13. The number of rotatable bonds is 2. The number of anilines is 1. The molecule has 14 heavy (non-hydrogen) atoms. The molecule has 0 unspecified atom stereocenters. The highest BCUT2D eigenvalue weighted by Crippen LogP contribution is 2.26. The molecule has 0 aliphatic heterocycles. The summed E-state index contributed by atoms with van der Waals surface area (Å²) in [4.78, 5) is 4.35. The van der Waals surface area contributed by atoms with Crippen molar-refractivity contribution in [3.05, 3.63) is 22.5 Å². The SMILES string of the molecule is CCCc1nc2cc(Br)cc(N)c2o1. The molecule has 0 aliphatic rings. The van der Waals surface area contributed by atoms with Crippen LogP contribution in [-0.4, -0.2) is 4.98 Å². The van der Waals surface area contributed by atoms with Gasteiger partial charge in [0.1, 0.15) is 5.52 Å². The highest BCUT2D eigenvalue weighted by atomic mass is 79.9. The summed E-state index contributed by atoms with van der Waals surface area (Å²) in [6, 6.07) is 3.73. The van der Waals surface area contributed by atoms with E-state index in [9.17, 15) is 0 Å². The summed E-state index contributed by atoms with van der Waals surface area (Å²) in [5.74, 6) is 0.757. The van der Waals surface area contributed by atoms with Gasteiger partial charge in [-0.15, -0.1) is 0 Å². The van der Waals surface area contributed by atoms with Crippen LogP contribution in [0.2, 0.25) is 0 Å². The largest absolute Gasteiger partial charge is 0.439 e. The van der Waals surface area contributed by atoms with E-state index in [1.54, 1.807) is 0 Å². The second-order valence-electron chi connectivity index (χ2n) is 3.20. The molecule has 2 rings (SSSR count). The average Bonchev–Trinajstić information content (AvgIpc) is 2.48. The number of hydrogen-bond donors (Lipinski definition) is 1. The van der Waals surface area contributed by atoms with E-state index in [1.165, 1.54) is 0 Å². The predicted molar refractivity (Wildman–Crippen MR) is 60.1 cm³/mol. The Morgan fingerprint density at radius 2 is 2.29 bits per heavy atom. The molecular weight excluding hydrogens is 244 g/mol. The molecule has 2 aromatic rings. The Morgan fingerprint density at radius 3 is 3.00 bits per heavy atom. The number of halogens is 1. The van der Waals surface area contributed by atoms with Gasteiger partial charge in [-0.05, 0) is 18.6 Å². The third kappa shape index (κ3) is 1.62. The summed E-state index contributed by atoms with van der Waals surface area (Å²) in [6.07, 6.45) is 1.87. The molecule has 74 valence electrons. The molecule has 0 radical (unpaired) electrons. The van der Waals surface area contributed by atoms with Crippen LogP contribution in [0.1, 0.15) is 19.2 Å². The lowest BCUT2D eigenvalue weighted by Crippen LogP contribution is -1.84. The Labute approximate surface area is 90.4 Å². The third-order valence-electron chi connectivity index (χ3n) is 1.99. The minimum Gasteiger partial charge on any atom is -0.439 e. The first-order chi connectivity index (χ1) is 6.70. The molecule has 0 amide bonds. The van der Waals surface area contributed by atoms with Crippen molar-refractivity contribution in [1.29, 1.82) is 0 Å². The zero-order valence-electron chi connectivity index (χ0n) is 7.88. The smallest absolute Gasteiger partial charge is 0.195 e. The van der Waals surface area contributed by atoms with Crippen LogP contribution in [0, 0.1) is 0 Å². The normalized spacial score (nSPS) is 11.0. The fourth-order valence-corrected chi connectivity index (χ4v) is 1.85.